The van der Waals surface area contributed by atoms with Crippen molar-refractivity contribution in [3.8, 4) is 0 Å². The van der Waals surface area contributed by atoms with Gasteiger partial charge in [-0.15, -0.1) is 11.3 Å². The summed E-state index contributed by atoms with van der Waals surface area (Å²) >= 11 is 1.67. The number of nitrogens with zero attached hydrogens (tertiary/aromatic N) is 1. The van der Waals surface area contributed by atoms with Gasteiger partial charge in [0.1, 0.15) is 0 Å². The van der Waals surface area contributed by atoms with E-state index in [1.807, 2.05) is 11.7 Å². The third-order valence-corrected chi connectivity index (χ3v) is 3.22. The Labute approximate surface area is 87.5 Å². The molecule has 1 saturated heterocycles. The summed E-state index contributed by atoms with van der Waals surface area (Å²) in [4.78, 5) is 5.28. The van der Waals surface area contributed by atoms with Crippen LogP contribution in [0.5, 0.6) is 0 Å². The molecular weight excluding hydrogens is 198 g/mol. The van der Waals surface area contributed by atoms with E-state index in [0.717, 1.165) is 19.7 Å². The first-order valence-electron chi connectivity index (χ1n) is 4.77. The second-order valence-corrected chi connectivity index (χ2v) is 4.53. The lowest BCUT2D eigenvalue weighted by molar-refractivity contribution is 0.184. The highest BCUT2D eigenvalue weighted by molar-refractivity contribution is 7.09. The van der Waals surface area contributed by atoms with E-state index in [-0.39, 0.29) is 6.04 Å². The summed E-state index contributed by atoms with van der Waals surface area (Å²) in [5, 5.41) is 3.37. The number of thiazole rings is 1. The van der Waals surface area contributed by atoms with Crippen LogP contribution in [0.15, 0.2) is 11.7 Å². The molecule has 0 aliphatic carbocycles. The highest BCUT2D eigenvalue weighted by Gasteiger charge is 2.23. The minimum atomic E-state index is 0.198. The molecule has 1 aliphatic rings. The molecule has 0 amide bonds. The SMILES string of the molecule is NC1COCC1CNCc1cncs1. The molecule has 1 aromatic heterocycles. The first-order valence-corrected chi connectivity index (χ1v) is 5.65. The molecule has 2 rings (SSSR count). The number of ether oxygens (including phenoxy) is 1. The summed E-state index contributed by atoms with van der Waals surface area (Å²) in [6.45, 7) is 3.30. The summed E-state index contributed by atoms with van der Waals surface area (Å²) in [6.07, 6.45) is 1.89. The van der Waals surface area contributed by atoms with Gasteiger partial charge < -0.3 is 15.8 Å². The number of rotatable bonds is 4. The molecule has 3 N–H and O–H groups in total. The van der Waals surface area contributed by atoms with E-state index in [1.165, 1.54) is 4.88 Å². The Kier molecular flexibility index (Phi) is 3.47. The van der Waals surface area contributed by atoms with Crippen molar-refractivity contribution < 1.29 is 4.74 Å². The van der Waals surface area contributed by atoms with E-state index in [1.54, 1.807) is 11.3 Å². The number of nitrogens with one attached hydrogen (secondary N) is 1. The van der Waals surface area contributed by atoms with Crippen LogP contribution in [0.25, 0.3) is 0 Å². The normalized spacial score (nSPS) is 26.9. The van der Waals surface area contributed by atoms with Gasteiger partial charge in [-0.2, -0.15) is 0 Å². The Balaban J connectivity index is 1.68. The quantitative estimate of drug-likeness (QED) is 0.750. The number of hydrogen-bond donors (Lipinski definition) is 2. The lowest BCUT2D eigenvalue weighted by Gasteiger charge is -2.13. The molecule has 0 spiro atoms. The van der Waals surface area contributed by atoms with Gasteiger partial charge in [-0.05, 0) is 0 Å². The topological polar surface area (TPSA) is 60.2 Å². The van der Waals surface area contributed by atoms with Crippen LogP contribution in [-0.2, 0) is 11.3 Å². The predicted octanol–water partition coefficient (Wildman–Crippen LogP) is 0.206. The fraction of sp³-hybridized carbons (Fsp3) is 0.667. The van der Waals surface area contributed by atoms with Crippen LogP contribution in [0, 0.1) is 5.92 Å². The molecule has 0 bridgehead atoms. The zero-order valence-electron chi connectivity index (χ0n) is 7.98. The summed E-state index contributed by atoms with van der Waals surface area (Å²) in [5.74, 6) is 0.461. The van der Waals surface area contributed by atoms with Crippen LogP contribution in [0.2, 0.25) is 0 Å². The van der Waals surface area contributed by atoms with Gasteiger partial charge in [0, 0.05) is 36.1 Å². The van der Waals surface area contributed by atoms with Crippen molar-refractivity contribution in [1.82, 2.24) is 10.3 Å². The maximum atomic E-state index is 5.86. The maximum Gasteiger partial charge on any atom is 0.0794 e. The van der Waals surface area contributed by atoms with Crippen molar-refractivity contribution in [1.29, 1.82) is 0 Å². The summed E-state index contributed by atoms with van der Waals surface area (Å²) in [6, 6.07) is 0.198. The minimum Gasteiger partial charge on any atom is -0.379 e. The van der Waals surface area contributed by atoms with Crippen LogP contribution >= 0.6 is 11.3 Å². The van der Waals surface area contributed by atoms with Crippen LogP contribution in [0.4, 0.5) is 0 Å². The lowest BCUT2D eigenvalue weighted by atomic mass is 10.1. The first-order chi connectivity index (χ1) is 6.86. The average molecular weight is 213 g/mol. The Morgan fingerprint density at radius 2 is 2.57 bits per heavy atom. The largest absolute Gasteiger partial charge is 0.379 e. The summed E-state index contributed by atoms with van der Waals surface area (Å²) in [5.41, 5.74) is 7.71. The van der Waals surface area contributed by atoms with Crippen molar-refractivity contribution in [2.24, 2.45) is 11.7 Å². The van der Waals surface area contributed by atoms with E-state index in [9.17, 15) is 0 Å². The second kappa shape index (κ2) is 4.84. The van der Waals surface area contributed by atoms with Crippen LogP contribution in [-0.4, -0.2) is 30.8 Å². The van der Waals surface area contributed by atoms with Crippen LogP contribution < -0.4 is 11.1 Å². The van der Waals surface area contributed by atoms with Gasteiger partial charge in [0.15, 0.2) is 0 Å². The molecule has 2 atom stereocenters. The van der Waals surface area contributed by atoms with Gasteiger partial charge in [0.05, 0.1) is 18.7 Å². The van der Waals surface area contributed by atoms with Gasteiger partial charge in [0.25, 0.3) is 0 Å². The van der Waals surface area contributed by atoms with Gasteiger partial charge in [0.2, 0.25) is 0 Å². The zero-order valence-corrected chi connectivity index (χ0v) is 8.80. The maximum absolute atomic E-state index is 5.86. The minimum absolute atomic E-state index is 0.198. The Morgan fingerprint density at radius 3 is 3.21 bits per heavy atom. The number of aromatic nitrogens is 1. The van der Waals surface area contributed by atoms with Crippen molar-refractivity contribution in [2.45, 2.75) is 12.6 Å². The van der Waals surface area contributed by atoms with Crippen molar-refractivity contribution in [3.63, 3.8) is 0 Å². The van der Waals surface area contributed by atoms with E-state index in [4.69, 9.17) is 10.5 Å². The smallest absolute Gasteiger partial charge is 0.0794 e. The second-order valence-electron chi connectivity index (χ2n) is 3.56. The first kappa shape index (κ1) is 10.0. The molecule has 2 unspecified atom stereocenters. The van der Waals surface area contributed by atoms with Gasteiger partial charge in [-0.25, -0.2) is 0 Å². The molecule has 2 heterocycles. The molecular formula is C9H15N3OS. The summed E-state index contributed by atoms with van der Waals surface area (Å²) in [7, 11) is 0. The molecule has 4 nitrogen and oxygen atoms in total. The van der Waals surface area contributed by atoms with Crippen LogP contribution in [0.1, 0.15) is 4.88 Å². The Morgan fingerprint density at radius 1 is 1.64 bits per heavy atom. The molecule has 0 aromatic carbocycles. The fourth-order valence-electron chi connectivity index (χ4n) is 1.54. The summed E-state index contributed by atoms with van der Waals surface area (Å²) < 4.78 is 5.28. The monoisotopic (exact) mass is 213 g/mol. The molecule has 1 fully saturated rings. The highest BCUT2D eigenvalue weighted by atomic mass is 32.1. The van der Waals surface area contributed by atoms with Crippen LogP contribution in [0.3, 0.4) is 0 Å². The molecule has 78 valence electrons. The number of nitrogens with two attached hydrogens (primary N) is 1. The molecule has 0 radical (unpaired) electrons. The third kappa shape index (κ3) is 2.51. The highest BCUT2D eigenvalue weighted by Crippen LogP contribution is 2.11. The van der Waals surface area contributed by atoms with E-state index >= 15 is 0 Å². The third-order valence-electron chi connectivity index (χ3n) is 2.44. The molecule has 1 aromatic rings. The van der Waals surface area contributed by atoms with Gasteiger partial charge in [-0.1, -0.05) is 0 Å². The van der Waals surface area contributed by atoms with Crippen molar-refractivity contribution in [2.75, 3.05) is 19.8 Å². The molecule has 0 saturated carbocycles. The average Bonchev–Trinajstić information content (AvgIpc) is 2.78. The van der Waals surface area contributed by atoms with Crippen molar-refractivity contribution >= 4 is 11.3 Å². The molecule has 1 aliphatic heterocycles. The predicted molar refractivity (Wildman–Crippen MR) is 56.1 cm³/mol. The lowest BCUT2D eigenvalue weighted by Crippen LogP contribution is -2.35. The van der Waals surface area contributed by atoms with Gasteiger partial charge >= 0.3 is 0 Å². The van der Waals surface area contributed by atoms with E-state index in [0.29, 0.717) is 12.5 Å². The van der Waals surface area contributed by atoms with Crippen molar-refractivity contribution in [3.05, 3.63) is 16.6 Å². The molecule has 5 heteroatoms. The van der Waals surface area contributed by atoms with E-state index < -0.39 is 0 Å². The van der Waals surface area contributed by atoms with E-state index in [2.05, 4.69) is 10.3 Å². The zero-order chi connectivity index (χ0) is 9.80. The van der Waals surface area contributed by atoms with Gasteiger partial charge in [-0.3, -0.25) is 4.98 Å². The Bertz CT molecular complexity index is 265. The standard InChI is InChI=1S/C9H15N3OS/c10-9-5-13-4-7(9)1-11-2-8-3-12-6-14-8/h3,6-7,9,11H,1-2,4-5,10H2. The number of hydrogen-bond acceptors (Lipinski definition) is 5. The Hall–Kier alpha value is -0.490. The molecule has 14 heavy (non-hydrogen) atoms. The fourth-order valence-corrected chi connectivity index (χ4v) is 2.10.